The van der Waals surface area contributed by atoms with Crippen LogP contribution in [0.15, 0.2) is 18.2 Å². The van der Waals surface area contributed by atoms with E-state index in [0.717, 1.165) is 16.9 Å². The molecule has 5 heteroatoms. The Kier molecular flexibility index (Phi) is 4.16. The van der Waals surface area contributed by atoms with E-state index in [1.54, 1.807) is 18.0 Å². The van der Waals surface area contributed by atoms with Crippen LogP contribution in [-0.2, 0) is 16.0 Å². The van der Waals surface area contributed by atoms with Gasteiger partial charge in [0.1, 0.15) is 0 Å². The molecule has 1 aliphatic heterocycles. The standard InChI is InChI=1S/C14H18N2O3/c1-16-12-6-5-11(15-13(18)3-2-8-17)9-10(12)4-7-14(16)19/h5-6,9,17H,2-4,7-8H2,1H3,(H,15,18). The van der Waals surface area contributed by atoms with E-state index in [1.165, 1.54) is 0 Å². The van der Waals surface area contributed by atoms with Crippen molar-refractivity contribution < 1.29 is 14.7 Å². The minimum atomic E-state index is -0.103. The maximum Gasteiger partial charge on any atom is 0.227 e. The summed E-state index contributed by atoms with van der Waals surface area (Å²) in [5.74, 6) is 0.0153. The third-order valence-electron chi connectivity index (χ3n) is 3.27. The molecule has 1 aromatic carbocycles. The average Bonchev–Trinajstić information content (AvgIpc) is 2.41. The van der Waals surface area contributed by atoms with E-state index in [-0.39, 0.29) is 18.4 Å². The number of amides is 2. The molecule has 2 rings (SSSR count). The van der Waals surface area contributed by atoms with Crippen molar-refractivity contribution in [1.29, 1.82) is 0 Å². The van der Waals surface area contributed by atoms with Crippen LogP contribution >= 0.6 is 0 Å². The van der Waals surface area contributed by atoms with E-state index in [9.17, 15) is 9.59 Å². The van der Waals surface area contributed by atoms with Crippen LogP contribution in [0.3, 0.4) is 0 Å². The Balaban J connectivity index is 2.09. The summed E-state index contributed by atoms with van der Waals surface area (Å²) in [7, 11) is 1.76. The number of hydrogen-bond acceptors (Lipinski definition) is 3. The third kappa shape index (κ3) is 3.12. The highest BCUT2D eigenvalue weighted by Gasteiger charge is 2.20. The van der Waals surface area contributed by atoms with E-state index >= 15 is 0 Å². The lowest BCUT2D eigenvalue weighted by atomic mass is 10.0. The van der Waals surface area contributed by atoms with Gasteiger partial charge >= 0.3 is 0 Å². The number of carbonyl (C=O) groups is 2. The molecule has 0 saturated heterocycles. The van der Waals surface area contributed by atoms with Gasteiger partial charge in [0.25, 0.3) is 0 Å². The first-order chi connectivity index (χ1) is 9.11. The van der Waals surface area contributed by atoms with Crippen LogP contribution in [-0.4, -0.2) is 30.6 Å². The molecule has 0 aromatic heterocycles. The van der Waals surface area contributed by atoms with Crippen molar-refractivity contribution >= 4 is 23.2 Å². The monoisotopic (exact) mass is 262 g/mol. The molecule has 0 bridgehead atoms. The Morgan fingerprint density at radius 3 is 2.95 bits per heavy atom. The maximum absolute atomic E-state index is 11.6. The van der Waals surface area contributed by atoms with Crippen LogP contribution in [0.5, 0.6) is 0 Å². The molecule has 102 valence electrons. The van der Waals surface area contributed by atoms with Crippen LogP contribution in [0, 0.1) is 0 Å². The molecule has 0 fully saturated rings. The summed E-state index contributed by atoms with van der Waals surface area (Å²) >= 11 is 0. The van der Waals surface area contributed by atoms with Gasteiger partial charge in [-0.25, -0.2) is 0 Å². The number of benzene rings is 1. The summed E-state index contributed by atoms with van der Waals surface area (Å²) in [6.07, 6.45) is 1.99. The molecular weight excluding hydrogens is 244 g/mol. The van der Waals surface area contributed by atoms with Crippen molar-refractivity contribution in [2.45, 2.75) is 25.7 Å². The highest BCUT2D eigenvalue weighted by Crippen LogP contribution is 2.29. The second-order valence-corrected chi connectivity index (χ2v) is 4.67. The summed E-state index contributed by atoms with van der Waals surface area (Å²) in [4.78, 5) is 24.8. The van der Waals surface area contributed by atoms with Crippen LogP contribution in [0.2, 0.25) is 0 Å². The van der Waals surface area contributed by atoms with Crippen LogP contribution in [0.25, 0.3) is 0 Å². The van der Waals surface area contributed by atoms with Gasteiger partial charge in [-0.3, -0.25) is 9.59 Å². The first kappa shape index (κ1) is 13.5. The zero-order valence-electron chi connectivity index (χ0n) is 11.0. The second-order valence-electron chi connectivity index (χ2n) is 4.67. The van der Waals surface area contributed by atoms with Crippen molar-refractivity contribution in [3.05, 3.63) is 23.8 Å². The normalized spacial score (nSPS) is 14.2. The number of nitrogens with zero attached hydrogens (tertiary/aromatic N) is 1. The second kappa shape index (κ2) is 5.84. The highest BCUT2D eigenvalue weighted by atomic mass is 16.3. The predicted octanol–water partition coefficient (Wildman–Crippen LogP) is 1.31. The lowest BCUT2D eigenvalue weighted by molar-refractivity contribution is -0.118. The molecule has 19 heavy (non-hydrogen) atoms. The van der Waals surface area contributed by atoms with Gasteiger partial charge < -0.3 is 15.3 Å². The SMILES string of the molecule is CN1C(=O)CCc2cc(NC(=O)CCCO)ccc21. The highest BCUT2D eigenvalue weighted by molar-refractivity contribution is 5.97. The van der Waals surface area contributed by atoms with Gasteiger partial charge in [-0.1, -0.05) is 0 Å². The molecule has 5 nitrogen and oxygen atoms in total. The van der Waals surface area contributed by atoms with Crippen molar-refractivity contribution in [1.82, 2.24) is 0 Å². The van der Waals surface area contributed by atoms with E-state index < -0.39 is 0 Å². The molecule has 2 N–H and O–H groups in total. The van der Waals surface area contributed by atoms with E-state index in [1.807, 2.05) is 12.1 Å². The lowest BCUT2D eigenvalue weighted by Crippen LogP contribution is -2.31. The molecule has 0 unspecified atom stereocenters. The van der Waals surface area contributed by atoms with Gasteiger partial charge in [-0.15, -0.1) is 0 Å². The summed E-state index contributed by atoms with van der Waals surface area (Å²) in [6.45, 7) is 0.0184. The Morgan fingerprint density at radius 1 is 1.42 bits per heavy atom. The number of fused-ring (bicyclic) bond motifs is 1. The van der Waals surface area contributed by atoms with Gasteiger partial charge in [0, 0.05) is 37.9 Å². The minimum Gasteiger partial charge on any atom is -0.396 e. The zero-order chi connectivity index (χ0) is 13.8. The van der Waals surface area contributed by atoms with Gasteiger partial charge in [-0.05, 0) is 36.6 Å². The zero-order valence-corrected chi connectivity index (χ0v) is 11.0. The number of rotatable bonds is 4. The van der Waals surface area contributed by atoms with Gasteiger partial charge in [0.15, 0.2) is 0 Å². The fourth-order valence-corrected chi connectivity index (χ4v) is 2.20. The summed E-state index contributed by atoms with van der Waals surface area (Å²) in [6, 6.07) is 5.56. The Labute approximate surface area is 112 Å². The number of aryl methyl sites for hydroxylation is 1. The van der Waals surface area contributed by atoms with E-state index in [4.69, 9.17) is 5.11 Å². The number of aliphatic hydroxyl groups is 1. The number of hydrogen-bond donors (Lipinski definition) is 2. The fourth-order valence-electron chi connectivity index (χ4n) is 2.20. The molecule has 2 amide bonds. The Hall–Kier alpha value is -1.88. The van der Waals surface area contributed by atoms with Crippen LogP contribution < -0.4 is 10.2 Å². The Bertz CT molecular complexity index is 499. The Morgan fingerprint density at radius 2 is 2.21 bits per heavy atom. The maximum atomic E-state index is 11.6. The summed E-state index contributed by atoms with van der Waals surface area (Å²) < 4.78 is 0. The molecule has 0 saturated carbocycles. The van der Waals surface area contributed by atoms with E-state index in [0.29, 0.717) is 25.7 Å². The molecular formula is C14H18N2O3. The minimum absolute atomic E-state index is 0.0184. The topological polar surface area (TPSA) is 69.6 Å². The van der Waals surface area contributed by atoms with Gasteiger partial charge in [-0.2, -0.15) is 0 Å². The average molecular weight is 262 g/mol. The van der Waals surface area contributed by atoms with Crippen molar-refractivity contribution in [3.63, 3.8) is 0 Å². The summed E-state index contributed by atoms with van der Waals surface area (Å²) in [5, 5.41) is 11.5. The van der Waals surface area contributed by atoms with Crippen molar-refractivity contribution in [3.8, 4) is 0 Å². The number of aliphatic hydroxyl groups excluding tert-OH is 1. The van der Waals surface area contributed by atoms with Gasteiger partial charge in [0.05, 0.1) is 0 Å². The number of carbonyl (C=O) groups excluding carboxylic acids is 2. The molecule has 0 radical (unpaired) electrons. The van der Waals surface area contributed by atoms with E-state index in [2.05, 4.69) is 5.32 Å². The summed E-state index contributed by atoms with van der Waals surface area (Å²) in [5.41, 5.74) is 2.72. The predicted molar refractivity (Wildman–Crippen MR) is 73.1 cm³/mol. The van der Waals surface area contributed by atoms with Crippen LogP contribution in [0.1, 0.15) is 24.8 Å². The first-order valence-electron chi connectivity index (χ1n) is 6.42. The molecule has 1 heterocycles. The molecule has 1 aliphatic rings. The number of anilines is 2. The lowest BCUT2D eigenvalue weighted by Gasteiger charge is -2.26. The third-order valence-corrected chi connectivity index (χ3v) is 3.27. The molecule has 0 spiro atoms. The number of nitrogens with one attached hydrogen (secondary N) is 1. The first-order valence-corrected chi connectivity index (χ1v) is 6.42. The fraction of sp³-hybridized carbons (Fsp3) is 0.429. The largest absolute Gasteiger partial charge is 0.396 e. The quantitative estimate of drug-likeness (QED) is 0.859. The van der Waals surface area contributed by atoms with Crippen molar-refractivity contribution in [2.24, 2.45) is 0 Å². The molecule has 1 aromatic rings. The molecule has 0 atom stereocenters. The van der Waals surface area contributed by atoms with Crippen LogP contribution in [0.4, 0.5) is 11.4 Å². The van der Waals surface area contributed by atoms with Crippen molar-refractivity contribution in [2.75, 3.05) is 23.9 Å². The molecule has 0 aliphatic carbocycles. The smallest absolute Gasteiger partial charge is 0.227 e. The van der Waals surface area contributed by atoms with Gasteiger partial charge in [0.2, 0.25) is 11.8 Å².